The van der Waals surface area contributed by atoms with Gasteiger partial charge in [0.05, 0.1) is 0 Å². The summed E-state index contributed by atoms with van der Waals surface area (Å²) in [4.78, 5) is 20.6. The molecule has 0 bridgehead atoms. The number of rotatable bonds is 2. The fraction of sp³-hybridized carbons (Fsp3) is 0.615. The Balaban J connectivity index is 2.02. The fourth-order valence-corrected chi connectivity index (χ4v) is 2.36. The average molecular weight is 248 g/mol. The fourth-order valence-electron chi connectivity index (χ4n) is 2.36. The smallest absolute Gasteiger partial charge is 0.229 e. The van der Waals surface area contributed by atoms with Gasteiger partial charge in [0, 0.05) is 23.3 Å². The maximum atomic E-state index is 12.1. The summed E-state index contributed by atoms with van der Waals surface area (Å²) < 4.78 is 0. The van der Waals surface area contributed by atoms with E-state index in [4.69, 9.17) is 0 Å². The molecule has 2 N–H and O–H groups in total. The van der Waals surface area contributed by atoms with Gasteiger partial charge in [-0.3, -0.25) is 10.1 Å². The normalized spacial score (nSPS) is 23.7. The highest BCUT2D eigenvalue weighted by atomic mass is 16.2. The summed E-state index contributed by atoms with van der Waals surface area (Å²) in [5, 5.41) is 6.16. The van der Waals surface area contributed by atoms with E-state index in [-0.39, 0.29) is 11.8 Å². The van der Waals surface area contributed by atoms with Gasteiger partial charge in [-0.15, -0.1) is 0 Å². The monoisotopic (exact) mass is 248 g/mol. The van der Waals surface area contributed by atoms with Gasteiger partial charge in [0.1, 0.15) is 0 Å². The Morgan fingerprint density at radius 3 is 2.67 bits per heavy atom. The molecule has 0 radical (unpaired) electrons. The van der Waals surface area contributed by atoms with Gasteiger partial charge < -0.3 is 5.32 Å². The van der Waals surface area contributed by atoms with Crippen molar-refractivity contribution in [2.24, 2.45) is 5.92 Å². The third kappa shape index (κ3) is 3.26. The minimum atomic E-state index is 0.0355. The van der Waals surface area contributed by atoms with Gasteiger partial charge in [0.25, 0.3) is 0 Å². The second-order valence-electron chi connectivity index (χ2n) is 5.04. The number of carbonyl (C=O) groups excluding carboxylic acids is 1. The standard InChI is InChI=1S/C13H20N4O/c1-8-7-11(4-5-14-8)12(18)17-13-15-9(2)6-10(3)16-13/h6,8,11,14H,4-5,7H2,1-3H3,(H,15,16,17,18). The van der Waals surface area contributed by atoms with Crippen molar-refractivity contribution < 1.29 is 4.79 Å². The van der Waals surface area contributed by atoms with E-state index in [1.54, 1.807) is 0 Å². The molecular weight excluding hydrogens is 228 g/mol. The van der Waals surface area contributed by atoms with Gasteiger partial charge >= 0.3 is 0 Å². The van der Waals surface area contributed by atoms with Crippen LogP contribution in [-0.2, 0) is 4.79 Å². The predicted molar refractivity (Wildman–Crippen MR) is 70.3 cm³/mol. The second kappa shape index (κ2) is 5.44. The number of carbonyl (C=O) groups is 1. The molecule has 0 saturated carbocycles. The first-order chi connectivity index (χ1) is 8.54. The van der Waals surface area contributed by atoms with E-state index in [0.717, 1.165) is 30.8 Å². The van der Waals surface area contributed by atoms with Crippen molar-refractivity contribution in [1.29, 1.82) is 0 Å². The number of hydrogen-bond donors (Lipinski definition) is 2. The molecule has 5 nitrogen and oxygen atoms in total. The molecule has 2 unspecified atom stereocenters. The molecule has 98 valence electrons. The molecular formula is C13H20N4O. The third-order valence-electron chi connectivity index (χ3n) is 3.21. The van der Waals surface area contributed by atoms with E-state index in [9.17, 15) is 4.79 Å². The molecule has 1 fully saturated rings. The highest BCUT2D eigenvalue weighted by molar-refractivity contribution is 5.91. The molecule has 1 amide bonds. The number of aryl methyl sites for hydroxylation is 2. The number of nitrogens with one attached hydrogen (secondary N) is 2. The van der Waals surface area contributed by atoms with Crippen LogP contribution in [0.2, 0.25) is 0 Å². The van der Waals surface area contributed by atoms with Crippen LogP contribution in [0.25, 0.3) is 0 Å². The zero-order valence-corrected chi connectivity index (χ0v) is 11.2. The van der Waals surface area contributed by atoms with Crippen LogP contribution >= 0.6 is 0 Å². The van der Waals surface area contributed by atoms with Crippen LogP contribution in [0.15, 0.2) is 6.07 Å². The zero-order chi connectivity index (χ0) is 13.1. The second-order valence-corrected chi connectivity index (χ2v) is 5.04. The maximum absolute atomic E-state index is 12.1. The topological polar surface area (TPSA) is 66.9 Å². The Morgan fingerprint density at radius 1 is 1.39 bits per heavy atom. The summed E-state index contributed by atoms with van der Waals surface area (Å²) in [7, 11) is 0. The summed E-state index contributed by atoms with van der Waals surface area (Å²) >= 11 is 0. The van der Waals surface area contributed by atoms with Gasteiger partial charge in [-0.2, -0.15) is 0 Å². The Kier molecular flexibility index (Phi) is 3.91. The summed E-state index contributed by atoms with van der Waals surface area (Å²) in [5.74, 6) is 0.516. The summed E-state index contributed by atoms with van der Waals surface area (Å²) in [6, 6.07) is 2.29. The van der Waals surface area contributed by atoms with Crippen molar-refractivity contribution in [3.05, 3.63) is 17.5 Å². The first kappa shape index (κ1) is 13.0. The van der Waals surface area contributed by atoms with Crippen molar-refractivity contribution in [3.63, 3.8) is 0 Å². The Morgan fingerprint density at radius 2 is 2.06 bits per heavy atom. The van der Waals surface area contributed by atoms with Gasteiger partial charge in [-0.1, -0.05) is 0 Å². The number of aromatic nitrogens is 2. The van der Waals surface area contributed by atoms with Crippen LogP contribution in [0.3, 0.4) is 0 Å². The van der Waals surface area contributed by atoms with Crippen LogP contribution in [0.5, 0.6) is 0 Å². The molecule has 1 saturated heterocycles. The molecule has 2 heterocycles. The van der Waals surface area contributed by atoms with E-state index in [1.165, 1.54) is 0 Å². The molecule has 2 atom stereocenters. The maximum Gasteiger partial charge on any atom is 0.229 e. The Labute approximate surface area is 107 Å². The molecule has 1 aromatic heterocycles. The minimum absolute atomic E-state index is 0.0355. The molecule has 1 aliphatic heterocycles. The van der Waals surface area contributed by atoms with E-state index >= 15 is 0 Å². The summed E-state index contributed by atoms with van der Waals surface area (Å²) in [6.07, 6.45) is 1.75. The number of anilines is 1. The molecule has 2 rings (SSSR count). The molecule has 18 heavy (non-hydrogen) atoms. The highest BCUT2D eigenvalue weighted by Gasteiger charge is 2.25. The van der Waals surface area contributed by atoms with Crippen molar-refractivity contribution in [3.8, 4) is 0 Å². The lowest BCUT2D eigenvalue weighted by atomic mass is 9.92. The number of amides is 1. The molecule has 0 aromatic carbocycles. The van der Waals surface area contributed by atoms with Crippen molar-refractivity contribution in [2.45, 2.75) is 39.7 Å². The number of piperidine rings is 1. The lowest BCUT2D eigenvalue weighted by Crippen LogP contribution is -2.40. The van der Waals surface area contributed by atoms with Crippen molar-refractivity contribution in [2.75, 3.05) is 11.9 Å². The zero-order valence-electron chi connectivity index (χ0n) is 11.2. The first-order valence-corrected chi connectivity index (χ1v) is 6.41. The Hall–Kier alpha value is -1.49. The molecule has 1 aromatic rings. The van der Waals surface area contributed by atoms with E-state index in [1.807, 2.05) is 19.9 Å². The molecule has 5 heteroatoms. The number of nitrogens with zero attached hydrogens (tertiary/aromatic N) is 2. The highest BCUT2D eigenvalue weighted by Crippen LogP contribution is 2.17. The predicted octanol–water partition coefficient (Wildman–Crippen LogP) is 1.42. The van der Waals surface area contributed by atoms with E-state index in [2.05, 4.69) is 27.5 Å². The molecule has 0 aliphatic carbocycles. The minimum Gasteiger partial charge on any atom is -0.314 e. The lowest BCUT2D eigenvalue weighted by molar-refractivity contribution is -0.120. The summed E-state index contributed by atoms with van der Waals surface area (Å²) in [5.41, 5.74) is 1.74. The van der Waals surface area contributed by atoms with Crippen LogP contribution in [0, 0.1) is 19.8 Å². The first-order valence-electron chi connectivity index (χ1n) is 6.41. The van der Waals surface area contributed by atoms with Crippen LogP contribution in [0.4, 0.5) is 5.95 Å². The largest absolute Gasteiger partial charge is 0.314 e. The van der Waals surface area contributed by atoms with Crippen molar-refractivity contribution in [1.82, 2.24) is 15.3 Å². The van der Waals surface area contributed by atoms with Gasteiger partial charge in [0.2, 0.25) is 11.9 Å². The lowest BCUT2D eigenvalue weighted by Gasteiger charge is -2.26. The SMILES string of the molecule is Cc1cc(C)nc(NC(=O)C2CCNC(C)C2)n1. The third-order valence-corrected chi connectivity index (χ3v) is 3.21. The number of hydrogen-bond acceptors (Lipinski definition) is 4. The Bertz CT molecular complexity index is 426. The van der Waals surface area contributed by atoms with Crippen molar-refractivity contribution >= 4 is 11.9 Å². The van der Waals surface area contributed by atoms with Gasteiger partial charge in [-0.05, 0) is 46.2 Å². The van der Waals surface area contributed by atoms with Crippen LogP contribution in [0.1, 0.15) is 31.2 Å². The molecule has 1 aliphatic rings. The quantitative estimate of drug-likeness (QED) is 0.830. The average Bonchev–Trinajstić information content (AvgIpc) is 2.27. The van der Waals surface area contributed by atoms with E-state index in [0.29, 0.717) is 12.0 Å². The van der Waals surface area contributed by atoms with E-state index < -0.39 is 0 Å². The summed E-state index contributed by atoms with van der Waals surface area (Å²) in [6.45, 7) is 6.80. The van der Waals surface area contributed by atoms with Gasteiger partial charge in [-0.25, -0.2) is 9.97 Å². The molecule has 0 spiro atoms. The van der Waals surface area contributed by atoms with Crippen LogP contribution < -0.4 is 10.6 Å². The van der Waals surface area contributed by atoms with Crippen LogP contribution in [-0.4, -0.2) is 28.5 Å². The van der Waals surface area contributed by atoms with Gasteiger partial charge in [0.15, 0.2) is 0 Å².